The molecule has 2 N–H and O–H groups in total. The van der Waals surface area contributed by atoms with Gasteiger partial charge in [-0.15, -0.1) is 0 Å². The van der Waals surface area contributed by atoms with Crippen LogP contribution in [-0.4, -0.2) is 41.6 Å². The third kappa shape index (κ3) is 2.87. The Labute approximate surface area is 95.8 Å². The smallest absolute Gasteiger partial charge is 0.317 e. The molecule has 2 amide bonds. The van der Waals surface area contributed by atoms with Crippen molar-refractivity contribution in [2.45, 2.75) is 33.1 Å². The highest BCUT2D eigenvalue weighted by Gasteiger charge is 2.41. The fourth-order valence-electron chi connectivity index (χ4n) is 1.79. The van der Waals surface area contributed by atoms with Crippen molar-refractivity contribution in [3.05, 3.63) is 0 Å². The summed E-state index contributed by atoms with van der Waals surface area (Å²) in [6.07, 6.45) is 2.52. The van der Waals surface area contributed by atoms with E-state index in [0.29, 0.717) is 26.1 Å². The molecule has 1 aliphatic heterocycles. The summed E-state index contributed by atoms with van der Waals surface area (Å²) in [7, 11) is 0. The van der Waals surface area contributed by atoms with E-state index in [4.69, 9.17) is 5.11 Å². The molecule has 0 aromatic carbocycles. The summed E-state index contributed by atoms with van der Waals surface area (Å²) < 4.78 is 0. The van der Waals surface area contributed by atoms with Crippen molar-refractivity contribution in [2.75, 3.05) is 19.6 Å². The summed E-state index contributed by atoms with van der Waals surface area (Å²) in [6, 6.07) is -0.140. The molecule has 0 bridgehead atoms. The molecule has 5 nitrogen and oxygen atoms in total. The van der Waals surface area contributed by atoms with Gasteiger partial charge in [-0.3, -0.25) is 4.79 Å². The van der Waals surface area contributed by atoms with Crippen LogP contribution in [0.15, 0.2) is 0 Å². The lowest BCUT2D eigenvalue weighted by atomic mass is 9.90. The lowest BCUT2D eigenvalue weighted by Gasteiger charge is -2.20. The lowest BCUT2D eigenvalue weighted by molar-refractivity contribution is -0.146. The summed E-state index contributed by atoms with van der Waals surface area (Å²) in [4.78, 5) is 24.2. The van der Waals surface area contributed by atoms with E-state index in [1.807, 2.05) is 0 Å². The Morgan fingerprint density at radius 2 is 2.19 bits per heavy atom. The van der Waals surface area contributed by atoms with Crippen molar-refractivity contribution < 1.29 is 14.7 Å². The van der Waals surface area contributed by atoms with Gasteiger partial charge in [0.2, 0.25) is 0 Å². The molecule has 1 saturated heterocycles. The Morgan fingerprint density at radius 3 is 2.69 bits per heavy atom. The van der Waals surface area contributed by atoms with Gasteiger partial charge in [-0.05, 0) is 19.8 Å². The standard InChI is InChI=1S/C11H20N2O3/c1-3-4-6-12-10(16)13-7-5-11(2,8-13)9(14)15/h3-8H2,1-2H3,(H,12,16)(H,14,15). The first-order chi connectivity index (χ1) is 7.49. The van der Waals surface area contributed by atoms with Crippen LogP contribution in [0.1, 0.15) is 33.1 Å². The normalized spacial score (nSPS) is 24.5. The molecule has 0 aliphatic carbocycles. The molecule has 5 heteroatoms. The predicted octanol–water partition coefficient (Wildman–Crippen LogP) is 1.29. The first-order valence-corrected chi connectivity index (χ1v) is 5.76. The number of likely N-dealkylation sites (tertiary alicyclic amines) is 1. The SMILES string of the molecule is CCCCNC(=O)N1CCC(C)(C(=O)O)C1. The Bertz CT molecular complexity index is 280. The van der Waals surface area contributed by atoms with E-state index in [2.05, 4.69) is 12.2 Å². The average Bonchev–Trinajstić information content (AvgIpc) is 2.63. The second-order valence-corrected chi connectivity index (χ2v) is 4.62. The largest absolute Gasteiger partial charge is 0.481 e. The van der Waals surface area contributed by atoms with Crippen molar-refractivity contribution in [3.8, 4) is 0 Å². The highest BCUT2D eigenvalue weighted by atomic mass is 16.4. The number of hydrogen-bond donors (Lipinski definition) is 2. The van der Waals surface area contributed by atoms with Gasteiger partial charge in [0.25, 0.3) is 0 Å². The number of hydrogen-bond acceptors (Lipinski definition) is 2. The zero-order chi connectivity index (χ0) is 12.2. The van der Waals surface area contributed by atoms with E-state index >= 15 is 0 Å². The summed E-state index contributed by atoms with van der Waals surface area (Å²) >= 11 is 0. The van der Waals surface area contributed by atoms with Crippen molar-refractivity contribution >= 4 is 12.0 Å². The van der Waals surface area contributed by atoms with Crippen LogP contribution in [0.3, 0.4) is 0 Å². The molecule has 92 valence electrons. The van der Waals surface area contributed by atoms with Crippen molar-refractivity contribution in [1.29, 1.82) is 0 Å². The third-order valence-electron chi connectivity index (χ3n) is 3.08. The molecule has 16 heavy (non-hydrogen) atoms. The summed E-state index contributed by atoms with van der Waals surface area (Å²) in [5, 5.41) is 11.8. The first kappa shape index (κ1) is 12.8. The molecule has 1 aliphatic rings. The monoisotopic (exact) mass is 228 g/mol. The number of rotatable bonds is 4. The molecule has 1 heterocycles. The van der Waals surface area contributed by atoms with Crippen LogP contribution in [0.5, 0.6) is 0 Å². The summed E-state index contributed by atoms with van der Waals surface area (Å²) in [5.74, 6) is -0.823. The fourth-order valence-corrected chi connectivity index (χ4v) is 1.79. The molecule has 0 aromatic heterocycles. The molecule has 0 saturated carbocycles. The zero-order valence-electron chi connectivity index (χ0n) is 9.95. The highest BCUT2D eigenvalue weighted by Crippen LogP contribution is 2.29. The minimum absolute atomic E-state index is 0.140. The molecule has 0 spiro atoms. The minimum Gasteiger partial charge on any atom is -0.481 e. The van der Waals surface area contributed by atoms with Gasteiger partial charge in [0.15, 0.2) is 0 Å². The van der Waals surface area contributed by atoms with Gasteiger partial charge in [0.1, 0.15) is 0 Å². The lowest BCUT2D eigenvalue weighted by Crippen LogP contribution is -2.41. The molecular formula is C11H20N2O3. The van der Waals surface area contributed by atoms with Gasteiger partial charge >= 0.3 is 12.0 Å². The van der Waals surface area contributed by atoms with Gasteiger partial charge in [-0.2, -0.15) is 0 Å². The average molecular weight is 228 g/mol. The number of amides is 2. The zero-order valence-corrected chi connectivity index (χ0v) is 9.95. The highest BCUT2D eigenvalue weighted by molar-refractivity contribution is 5.79. The van der Waals surface area contributed by atoms with Gasteiger partial charge in [0.05, 0.1) is 5.41 Å². The van der Waals surface area contributed by atoms with Crippen molar-refractivity contribution in [3.63, 3.8) is 0 Å². The van der Waals surface area contributed by atoms with E-state index in [1.165, 1.54) is 0 Å². The topological polar surface area (TPSA) is 69.6 Å². The van der Waals surface area contributed by atoms with Gasteiger partial charge < -0.3 is 15.3 Å². The number of carbonyl (C=O) groups excluding carboxylic acids is 1. The number of nitrogens with zero attached hydrogens (tertiary/aromatic N) is 1. The molecular weight excluding hydrogens is 208 g/mol. The van der Waals surface area contributed by atoms with E-state index in [9.17, 15) is 9.59 Å². The van der Waals surface area contributed by atoms with E-state index in [-0.39, 0.29) is 6.03 Å². The number of urea groups is 1. The van der Waals surface area contributed by atoms with Crippen LogP contribution in [0.4, 0.5) is 4.79 Å². The van der Waals surface area contributed by atoms with Crippen LogP contribution in [0.2, 0.25) is 0 Å². The first-order valence-electron chi connectivity index (χ1n) is 5.76. The van der Waals surface area contributed by atoms with Gasteiger partial charge in [-0.25, -0.2) is 4.79 Å². The number of aliphatic carboxylic acids is 1. The van der Waals surface area contributed by atoms with E-state index in [0.717, 1.165) is 12.8 Å². The summed E-state index contributed by atoms with van der Waals surface area (Å²) in [6.45, 7) is 5.24. The van der Waals surface area contributed by atoms with Crippen LogP contribution >= 0.6 is 0 Å². The maximum Gasteiger partial charge on any atom is 0.317 e. The van der Waals surface area contributed by atoms with Crippen LogP contribution in [0.25, 0.3) is 0 Å². The maximum atomic E-state index is 11.7. The van der Waals surface area contributed by atoms with Crippen molar-refractivity contribution in [2.24, 2.45) is 5.41 Å². The maximum absolute atomic E-state index is 11.7. The summed E-state index contributed by atoms with van der Waals surface area (Å²) in [5.41, 5.74) is -0.776. The number of carbonyl (C=O) groups is 2. The fraction of sp³-hybridized carbons (Fsp3) is 0.818. The van der Waals surface area contributed by atoms with Crippen LogP contribution in [-0.2, 0) is 4.79 Å². The second-order valence-electron chi connectivity index (χ2n) is 4.62. The number of nitrogens with one attached hydrogen (secondary N) is 1. The molecule has 1 unspecified atom stereocenters. The number of unbranched alkanes of at least 4 members (excludes halogenated alkanes) is 1. The predicted molar refractivity (Wildman–Crippen MR) is 60.2 cm³/mol. The Hall–Kier alpha value is -1.26. The molecule has 1 rings (SSSR count). The molecule has 0 radical (unpaired) electrons. The van der Waals surface area contributed by atoms with E-state index in [1.54, 1.807) is 11.8 Å². The number of carboxylic acids is 1. The van der Waals surface area contributed by atoms with Crippen LogP contribution in [0, 0.1) is 5.41 Å². The quantitative estimate of drug-likeness (QED) is 0.712. The Morgan fingerprint density at radius 1 is 1.50 bits per heavy atom. The third-order valence-corrected chi connectivity index (χ3v) is 3.08. The Kier molecular flexibility index (Phi) is 4.15. The molecule has 1 fully saturated rings. The molecule has 1 atom stereocenters. The Balaban J connectivity index is 2.41. The molecule has 0 aromatic rings. The van der Waals surface area contributed by atoms with E-state index < -0.39 is 11.4 Å². The number of carboxylic acid groups (broad SMARTS) is 1. The van der Waals surface area contributed by atoms with Crippen LogP contribution < -0.4 is 5.32 Å². The van der Waals surface area contributed by atoms with Gasteiger partial charge in [0, 0.05) is 19.6 Å². The van der Waals surface area contributed by atoms with Gasteiger partial charge in [-0.1, -0.05) is 13.3 Å². The second kappa shape index (κ2) is 5.18. The van der Waals surface area contributed by atoms with Crippen molar-refractivity contribution in [1.82, 2.24) is 10.2 Å². The minimum atomic E-state index is -0.823.